The summed E-state index contributed by atoms with van der Waals surface area (Å²) < 4.78 is 0. The van der Waals surface area contributed by atoms with Gasteiger partial charge < -0.3 is 15.5 Å². The fraction of sp³-hybridized carbons (Fsp3) is 1.00. The Morgan fingerprint density at radius 1 is 0.900 bits per heavy atom. The van der Waals surface area contributed by atoms with E-state index in [1.807, 2.05) is 0 Å². The predicted octanol–water partition coefficient (Wildman–Crippen LogP) is 0.437. The number of nitrogens with zero attached hydrogens (tertiary/aromatic N) is 3. The number of nitrogens with two attached hydrogens (primary N) is 1. The Bertz CT molecular complexity index is 340. The van der Waals surface area contributed by atoms with E-state index in [0.29, 0.717) is 5.54 Å². The minimum Gasteiger partial charge on any atom is -0.329 e. The Balaban J connectivity index is 1.41. The maximum Gasteiger partial charge on any atom is 0.0488 e. The Hall–Kier alpha value is -0.160. The van der Waals surface area contributed by atoms with Gasteiger partial charge in [-0.15, -0.1) is 0 Å². The van der Waals surface area contributed by atoms with Gasteiger partial charge in [0, 0.05) is 51.4 Å². The second-order valence-electron chi connectivity index (χ2n) is 7.59. The molecule has 2 N–H and O–H groups in total. The third-order valence-corrected chi connectivity index (χ3v) is 6.41. The van der Waals surface area contributed by atoms with Crippen LogP contribution in [0.2, 0.25) is 0 Å². The van der Waals surface area contributed by atoms with Crippen molar-refractivity contribution in [1.82, 2.24) is 14.7 Å². The first-order chi connectivity index (χ1) is 9.80. The van der Waals surface area contributed by atoms with Crippen LogP contribution in [-0.2, 0) is 0 Å². The molecule has 114 valence electrons. The molecule has 0 aromatic heterocycles. The van der Waals surface area contributed by atoms with Gasteiger partial charge in [0.25, 0.3) is 0 Å². The lowest BCUT2D eigenvalue weighted by Gasteiger charge is -2.59. The average molecular weight is 278 g/mol. The van der Waals surface area contributed by atoms with Crippen LogP contribution in [0, 0.1) is 11.8 Å². The number of hydrogen-bond donors (Lipinski definition) is 1. The maximum absolute atomic E-state index is 6.30. The number of hydrogen-bond acceptors (Lipinski definition) is 4. The molecule has 0 aromatic carbocycles. The van der Waals surface area contributed by atoms with Crippen molar-refractivity contribution in [1.29, 1.82) is 0 Å². The molecule has 5 fully saturated rings. The highest BCUT2D eigenvalue weighted by Crippen LogP contribution is 2.39. The molecule has 4 heterocycles. The molecular formula is C16H30N4. The number of piperazine rings is 1. The molecule has 2 bridgehead atoms. The monoisotopic (exact) mass is 278 g/mol. The van der Waals surface area contributed by atoms with Crippen LogP contribution in [0.15, 0.2) is 0 Å². The third kappa shape index (κ3) is 2.31. The van der Waals surface area contributed by atoms with Crippen LogP contribution in [0.4, 0.5) is 0 Å². The van der Waals surface area contributed by atoms with Gasteiger partial charge in [0.1, 0.15) is 0 Å². The van der Waals surface area contributed by atoms with Crippen molar-refractivity contribution in [2.75, 3.05) is 58.9 Å². The van der Waals surface area contributed by atoms with Gasteiger partial charge in [-0.3, -0.25) is 4.90 Å². The lowest BCUT2D eigenvalue weighted by atomic mass is 9.71. The zero-order valence-electron chi connectivity index (χ0n) is 12.8. The normalized spacial score (nSPS) is 43.0. The van der Waals surface area contributed by atoms with Crippen molar-refractivity contribution >= 4 is 0 Å². The van der Waals surface area contributed by atoms with E-state index in [1.165, 1.54) is 78.0 Å². The summed E-state index contributed by atoms with van der Waals surface area (Å²) in [6.45, 7) is 11.1. The standard InChI is InChI=1S/C16H30N4/c17-12-16(13-19-5-3-15(16)4-6-19)20-9-7-18(8-10-20)11-14-1-2-14/h14-15H,1-13,17H2. The molecule has 0 spiro atoms. The summed E-state index contributed by atoms with van der Waals surface area (Å²) in [7, 11) is 0. The molecule has 20 heavy (non-hydrogen) atoms. The van der Waals surface area contributed by atoms with Crippen molar-refractivity contribution in [3.63, 3.8) is 0 Å². The van der Waals surface area contributed by atoms with Crippen LogP contribution in [0.1, 0.15) is 25.7 Å². The molecule has 4 heteroatoms. The molecule has 4 aliphatic heterocycles. The Morgan fingerprint density at radius 3 is 2.10 bits per heavy atom. The average Bonchev–Trinajstić information content (AvgIpc) is 3.33. The molecule has 5 aliphatic rings. The van der Waals surface area contributed by atoms with Crippen molar-refractivity contribution in [2.45, 2.75) is 31.2 Å². The van der Waals surface area contributed by atoms with Crippen LogP contribution in [0.3, 0.4) is 0 Å². The lowest BCUT2D eigenvalue weighted by Crippen LogP contribution is -2.72. The fourth-order valence-corrected chi connectivity index (χ4v) is 4.90. The molecule has 1 unspecified atom stereocenters. The minimum atomic E-state index is 0.308. The smallest absolute Gasteiger partial charge is 0.0488 e. The Kier molecular flexibility index (Phi) is 3.53. The van der Waals surface area contributed by atoms with Crippen LogP contribution in [0.25, 0.3) is 0 Å². The first-order valence-corrected chi connectivity index (χ1v) is 8.70. The fourth-order valence-electron chi connectivity index (χ4n) is 4.90. The number of piperidine rings is 3. The molecule has 1 saturated carbocycles. The van der Waals surface area contributed by atoms with Gasteiger partial charge in [-0.2, -0.15) is 0 Å². The molecule has 0 aromatic rings. The van der Waals surface area contributed by atoms with Gasteiger partial charge in [0.15, 0.2) is 0 Å². The van der Waals surface area contributed by atoms with E-state index < -0.39 is 0 Å². The zero-order chi connectivity index (χ0) is 13.6. The van der Waals surface area contributed by atoms with Gasteiger partial charge in [0.05, 0.1) is 0 Å². The van der Waals surface area contributed by atoms with Crippen LogP contribution in [0.5, 0.6) is 0 Å². The second-order valence-corrected chi connectivity index (χ2v) is 7.59. The van der Waals surface area contributed by atoms with Gasteiger partial charge in [-0.05, 0) is 50.6 Å². The highest BCUT2D eigenvalue weighted by molar-refractivity contribution is 5.07. The van der Waals surface area contributed by atoms with E-state index in [1.54, 1.807) is 0 Å². The summed E-state index contributed by atoms with van der Waals surface area (Å²) in [6, 6.07) is 0. The third-order valence-electron chi connectivity index (χ3n) is 6.41. The van der Waals surface area contributed by atoms with Crippen LogP contribution in [-0.4, -0.2) is 79.1 Å². The second kappa shape index (κ2) is 5.24. The first kappa shape index (κ1) is 13.5. The molecule has 1 aliphatic carbocycles. The molecule has 4 nitrogen and oxygen atoms in total. The first-order valence-electron chi connectivity index (χ1n) is 8.70. The lowest BCUT2D eigenvalue weighted by molar-refractivity contribution is -0.0824. The van der Waals surface area contributed by atoms with E-state index in [2.05, 4.69) is 14.7 Å². The van der Waals surface area contributed by atoms with Gasteiger partial charge in [-0.25, -0.2) is 0 Å². The molecule has 1 atom stereocenters. The van der Waals surface area contributed by atoms with Crippen LogP contribution >= 0.6 is 0 Å². The summed E-state index contributed by atoms with van der Waals surface area (Å²) in [5, 5.41) is 0. The highest BCUT2D eigenvalue weighted by atomic mass is 15.3. The molecule has 0 radical (unpaired) electrons. The van der Waals surface area contributed by atoms with E-state index in [-0.39, 0.29) is 0 Å². The Morgan fingerprint density at radius 2 is 1.60 bits per heavy atom. The maximum atomic E-state index is 6.30. The number of fused-ring (bicyclic) bond motifs is 3. The van der Waals surface area contributed by atoms with E-state index in [4.69, 9.17) is 5.73 Å². The Labute approximate surface area is 123 Å². The summed E-state index contributed by atoms with van der Waals surface area (Å²) in [4.78, 5) is 8.12. The summed E-state index contributed by atoms with van der Waals surface area (Å²) in [6.07, 6.45) is 5.70. The quantitative estimate of drug-likeness (QED) is 0.809. The van der Waals surface area contributed by atoms with Crippen molar-refractivity contribution in [2.24, 2.45) is 17.6 Å². The van der Waals surface area contributed by atoms with E-state index in [9.17, 15) is 0 Å². The van der Waals surface area contributed by atoms with E-state index in [0.717, 1.165) is 18.4 Å². The topological polar surface area (TPSA) is 35.7 Å². The van der Waals surface area contributed by atoms with E-state index >= 15 is 0 Å². The SMILES string of the molecule is NCC1(N2CCN(CC3CC3)CC2)CN2CCC1CC2. The van der Waals surface area contributed by atoms with Crippen molar-refractivity contribution in [3.05, 3.63) is 0 Å². The van der Waals surface area contributed by atoms with Gasteiger partial charge in [0.2, 0.25) is 0 Å². The summed E-state index contributed by atoms with van der Waals surface area (Å²) in [5.74, 6) is 1.88. The molecule has 5 rings (SSSR count). The molecule has 4 saturated heterocycles. The molecule has 0 amide bonds. The minimum absolute atomic E-state index is 0.308. The highest BCUT2D eigenvalue weighted by Gasteiger charge is 2.49. The summed E-state index contributed by atoms with van der Waals surface area (Å²) >= 11 is 0. The van der Waals surface area contributed by atoms with Crippen molar-refractivity contribution in [3.8, 4) is 0 Å². The predicted molar refractivity (Wildman–Crippen MR) is 81.7 cm³/mol. The number of rotatable bonds is 4. The largest absolute Gasteiger partial charge is 0.329 e. The van der Waals surface area contributed by atoms with Crippen LogP contribution < -0.4 is 5.73 Å². The molecular weight excluding hydrogens is 248 g/mol. The zero-order valence-corrected chi connectivity index (χ0v) is 12.8. The van der Waals surface area contributed by atoms with Crippen molar-refractivity contribution < 1.29 is 0 Å². The summed E-state index contributed by atoms with van der Waals surface area (Å²) in [5.41, 5.74) is 6.61. The van der Waals surface area contributed by atoms with Gasteiger partial charge >= 0.3 is 0 Å². The van der Waals surface area contributed by atoms with Gasteiger partial charge in [-0.1, -0.05) is 0 Å².